The second-order valence-electron chi connectivity index (χ2n) is 2.10. The topological polar surface area (TPSA) is 72.5 Å². The Kier molecular flexibility index (Phi) is 4.10. The lowest BCUT2D eigenvalue weighted by molar-refractivity contribution is -0.150. The first-order valence-corrected chi connectivity index (χ1v) is 2.98. The highest BCUT2D eigenvalue weighted by Crippen LogP contribution is 2.04. The summed E-state index contributed by atoms with van der Waals surface area (Å²) in [6.07, 6.45) is 2.48. The standard InChI is InChI=1S/C6H9NO3.ClH/c7-4-2-1-3-10-5(4)6(8)9;/h1-2,4-5H,3,7H2,(H,8,9);1H/t4-,5+;/m1./s1. The number of halogens is 1. The SMILES string of the molecule is Cl.N[C@@H]1C=CCO[C@@H]1C(=O)O. The molecule has 0 aromatic rings. The van der Waals surface area contributed by atoms with Crippen molar-refractivity contribution in [3.63, 3.8) is 0 Å². The van der Waals surface area contributed by atoms with E-state index in [4.69, 9.17) is 15.6 Å². The normalized spacial score (nSPS) is 29.2. The summed E-state index contributed by atoms with van der Waals surface area (Å²) in [5.41, 5.74) is 5.39. The van der Waals surface area contributed by atoms with Crippen LogP contribution < -0.4 is 5.73 Å². The van der Waals surface area contributed by atoms with Crippen molar-refractivity contribution in [1.29, 1.82) is 0 Å². The fourth-order valence-corrected chi connectivity index (χ4v) is 0.820. The number of nitrogens with two attached hydrogens (primary N) is 1. The molecule has 3 N–H and O–H groups in total. The van der Waals surface area contributed by atoms with E-state index in [9.17, 15) is 4.79 Å². The lowest BCUT2D eigenvalue weighted by Gasteiger charge is -2.20. The predicted octanol–water partition coefficient (Wildman–Crippen LogP) is -0.225. The highest BCUT2D eigenvalue weighted by molar-refractivity contribution is 5.85. The van der Waals surface area contributed by atoms with E-state index in [1.165, 1.54) is 0 Å². The molecule has 2 atom stereocenters. The van der Waals surface area contributed by atoms with Gasteiger partial charge < -0.3 is 15.6 Å². The zero-order valence-electron chi connectivity index (χ0n) is 5.77. The Morgan fingerprint density at radius 3 is 2.73 bits per heavy atom. The number of carboxylic acid groups (broad SMARTS) is 1. The van der Waals surface area contributed by atoms with Crippen molar-refractivity contribution in [1.82, 2.24) is 0 Å². The van der Waals surface area contributed by atoms with Crippen LogP contribution in [0.2, 0.25) is 0 Å². The Labute approximate surface area is 70.4 Å². The Morgan fingerprint density at radius 2 is 2.36 bits per heavy atom. The molecule has 0 radical (unpaired) electrons. The maximum atomic E-state index is 10.3. The third kappa shape index (κ3) is 2.49. The van der Waals surface area contributed by atoms with E-state index in [-0.39, 0.29) is 12.4 Å². The molecule has 0 fully saturated rings. The molecule has 0 spiro atoms. The van der Waals surface area contributed by atoms with Crippen molar-refractivity contribution in [2.75, 3.05) is 6.61 Å². The van der Waals surface area contributed by atoms with E-state index in [2.05, 4.69) is 0 Å². The molecule has 11 heavy (non-hydrogen) atoms. The van der Waals surface area contributed by atoms with Crippen LogP contribution >= 0.6 is 12.4 Å². The Hall–Kier alpha value is -0.580. The third-order valence-electron chi connectivity index (χ3n) is 1.32. The lowest BCUT2D eigenvalue weighted by atomic mass is 10.1. The van der Waals surface area contributed by atoms with Crippen LogP contribution in [0.3, 0.4) is 0 Å². The van der Waals surface area contributed by atoms with Crippen LogP contribution in [-0.2, 0) is 9.53 Å². The van der Waals surface area contributed by atoms with Crippen molar-refractivity contribution in [3.05, 3.63) is 12.2 Å². The zero-order valence-corrected chi connectivity index (χ0v) is 6.58. The second kappa shape index (κ2) is 4.33. The van der Waals surface area contributed by atoms with Crippen LogP contribution in [0, 0.1) is 0 Å². The molecule has 1 rings (SSSR count). The number of aliphatic carboxylic acids is 1. The van der Waals surface area contributed by atoms with Gasteiger partial charge in [-0.05, 0) is 0 Å². The first kappa shape index (κ1) is 10.4. The molecule has 5 heteroatoms. The van der Waals surface area contributed by atoms with E-state index in [0.29, 0.717) is 6.61 Å². The van der Waals surface area contributed by atoms with Crippen LogP contribution in [0.4, 0.5) is 0 Å². The first-order chi connectivity index (χ1) is 4.72. The van der Waals surface area contributed by atoms with Gasteiger partial charge in [-0.15, -0.1) is 12.4 Å². The minimum Gasteiger partial charge on any atom is -0.479 e. The van der Waals surface area contributed by atoms with Gasteiger partial charge in [-0.2, -0.15) is 0 Å². The van der Waals surface area contributed by atoms with Crippen molar-refractivity contribution >= 4 is 18.4 Å². The average Bonchev–Trinajstić information content (AvgIpc) is 1.88. The van der Waals surface area contributed by atoms with E-state index in [0.717, 1.165) is 0 Å². The van der Waals surface area contributed by atoms with E-state index < -0.39 is 18.1 Å². The molecule has 1 aliphatic rings. The Morgan fingerprint density at radius 1 is 1.73 bits per heavy atom. The highest BCUT2D eigenvalue weighted by atomic mass is 35.5. The second-order valence-corrected chi connectivity index (χ2v) is 2.10. The zero-order chi connectivity index (χ0) is 7.56. The molecule has 0 saturated carbocycles. The van der Waals surface area contributed by atoms with Gasteiger partial charge in [0.25, 0.3) is 0 Å². The molecule has 0 aromatic heterocycles. The van der Waals surface area contributed by atoms with Crippen LogP contribution in [-0.4, -0.2) is 29.8 Å². The maximum absolute atomic E-state index is 10.3. The van der Waals surface area contributed by atoms with Crippen molar-refractivity contribution in [3.8, 4) is 0 Å². The number of hydrogen-bond acceptors (Lipinski definition) is 3. The summed E-state index contributed by atoms with van der Waals surface area (Å²) in [4.78, 5) is 10.3. The molecule has 0 amide bonds. The summed E-state index contributed by atoms with van der Waals surface area (Å²) in [5, 5.41) is 8.47. The van der Waals surface area contributed by atoms with Crippen LogP contribution in [0.15, 0.2) is 12.2 Å². The summed E-state index contributed by atoms with van der Waals surface area (Å²) in [5.74, 6) is -1.00. The summed E-state index contributed by atoms with van der Waals surface area (Å²) >= 11 is 0. The van der Waals surface area contributed by atoms with Gasteiger partial charge in [-0.25, -0.2) is 4.79 Å². The van der Waals surface area contributed by atoms with Crippen molar-refractivity contribution in [2.45, 2.75) is 12.1 Å². The predicted molar refractivity (Wildman–Crippen MR) is 41.7 cm³/mol. The van der Waals surface area contributed by atoms with E-state index in [1.807, 2.05) is 0 Å². The van der Waals surface area contributed by atoms with Gasteiger partial charge in [-0.3, -0.25) is 0 Å². The van der Waals surface area contributed by atoms with Gasteiger partial charge in [0.15, 0.2) is 6.10 Å². The smallest absolute Gasteiger partial charge is 0.334 e. The average molecular weight is 180 g/mol. The fourth-order valence-electron chi connectivity index (χ4n) is 0.820. The van der Waals surface area contributed by atoms with Crippen LogP contribution in [0.1, 0.15) is 0 Å². The molecular formula is C6H10ClNO3. The van der Waals surface area contributed by atoms with Gasteiger partial charge in [0.1, 0.15) is 0 Å². The fraction of sp³-hybridized carbons (Fsp3) is 0.500. The maximum Gasteiger partial charge on any atom is 0.334 e. The lowest BCUT2D eigenvalue weighted by Crippen LogP contribution is -2.43. The summed E-state index contributed by atoms with van der Waals surface area (Å²) in [7, 11) is 0. The first-order valence-electron chi connectivity index (χ1n) is 2.98. The molecule has 1 heterocycles. The van der Waals surface area contributed by atoms with E-state index >= 15 is 0 Å². The number of carboxylic acids is 1. The minimum absolute atomic E-state index is 0. The molecule has 4 nitrogen and oxygen atoms in total. The molecule has 0 aliphatic carbocycles. The van der Waals surface area contributed by atoms with Gasteiger partial charge in [0.2, 0.25) is 0 Å². The number of hydrogen-bond donors (Lipinski definition) is 2. The van der Waals surface area contributed by atoms with Gasteiger partial charge in [0.05, 0.1) is 12.6 Å². The van der Waals surface area contributed by atoms with Gasteiger partial charge >= 0.3 is 5.97 Å². The molecule has 0 unspecified atom stereocenters. The molecule has 0 aromatic carbocycles. The van der Waals surface area contributed by atoms with Crippen molar-refractivity contribution in [2.24, 2.45) is 5.73 Å². The molecule has 0 saturated heterocycles. The monoisotopic (exact) mass is 179 g/mol. The Bertz CT molecular complexity index is 171. The van der Waals surface area contributed by atoms with Gasteiger partial charge in [0, 0.05) is 0 Å². The number of rotatable bonds is 1. The number of carbonyl (C=O) groups is 1. The number of ether oxygens (including phenoxy) is 1. The van der Waals surface area contributed by atoms with Gasteiger partial charge in [-0.1, -0.05) is 12.2 Å². The molecule has 0 bridgehead atoms. The summed E-state index contributed by atoms with van der Waals surface area (Å²) in [6.45, 7) is 0.338. The summed E-state index contributed by atoms with van der Waals surface area (Å²) in [6, 6.07) is -0.508. The minimum atomic E-state index is -1.00. The molecule has 1 aliphatic heterocycles. The third-order valence-corrected chi connectivity index (χ3v) is 1.32. The Balaban J connectivity index is 0.000001000. The molecule has 64 valence electrons. The highest BCUT2D eigenvalue weighted by Gasteiger charge is 2.25. The largest absolute Gasteiger partial charge is 0.479 e. The quantitative estimate of drug-likeness (QED) is 0.546. The van der Waals surface area contributed by atoms with Crippen LogP contribution in [0.5, 0.6) is 0 Å². The molecular weight excluding hydrogens is 170 g/mol. The summed E-state index contributed by atoms with van der Waals surface area (Å²) < 4.78 is 4.84. The van der Waals surface area contributed by atoms with E-state index in [1.54, 1.807) is 12.2 Å². The van der Waals surface area contributed by atoms with Crippen molar-refractivity contribution < 1.29 is 14.6 Å². The van der Waals surface area contributed by atoms with Crippen LogP contribution in [0.25, 0.3) is 0 Å².